The largest absolute Gasteiger partial charge is 0.371 e. The molecule has 4 rings (SSSR count). The van der Waals surface area contributed by atoms with Crippen molar-refractivity contribution < 1.29 is 14.4 Å². The molecule has 5 nitrogen and oxygen atoms in total. The van der Waals surface area contributed by atoms with Gasteiger partial charge in [0.25, 0.3) is 11.8 Å². The lowest BCUT2D eigenvalue weighted by Gasteiger charge is -2.37. The molecule has 2 aromatic carbocycles. The Morgan fingerprint density at radius 2 is 1.40 bits per heavy atom. The van der Waals surface area contributed by atoms with Crippen molar-refractivity contribution >= 4 is 23.8 Å². The number of piperidine rings is 1. The number of carbonyl (C=O) groups excluding carboxylic acids is 3. The van der Waals surface area contributed by atoms with Crippen LogP contribution in [0.3, 0.4) is 0 Å². The molecule has 0 radical (unpaired) electrons. The van der Waals surface area contributed by atoms with Gasteiger partial charge in [0.15, 0.2) is 0 Å². The van der Waals surface area contributed by atoms with Crippen LogP contribution in [0.1, 0.15) is 43.9 Å². The van der Waals surface area contributed by atoms with Crippen molar-refractivity contribution in [3.63, 3.8) is 0 Å². The second kappa shape index (κ2) is 6.16. The molecule has 1 fully saturated rings. The van der Waals surface area contributed by atoms with Gasteiger partial charge in [-0.15, -0.1) is 0 Å². The van der Waals surface area contributed by atoms with E-state index in [9.17, 15) is 14.4 Å². The quantitative estimate of drug-likeness (QED) is 0.640. The Morgan fingerprint density at radius 3 is 1.92 bits per heavy atom. The fourth-order valence-corrected chi connectivity index (χ4v) is 3.69. The molecule has 25 heavy (non-hydrogen) atoms. The van der Waals surface area contributed by atoms with Crippen molar-refractivity contribution in [2.45, 2.75) is 18.9 Å². The van der Waals surface area contributed by atoms with Crippen LogP contribution in [0.5, 0.6) is 0 Å². The molecule has 2 aromatic rings. The number of anilines is 1. The number of benzene rings is 2. The summed E-state index contributed by atoms with van der Waals surface area (Å²) in [6.45, 7) is 1.55. The average molecular weight is 334 g/mol. The summed E-state index contributed by atoms with van der Waals surface area (Å²) in [5.41, 5.74) is 2.75. The highest BCUT2D eigenvalue weighted by molar-refractivity contribution is 6.21. The molecule has 0 atom stereocenters. The van der Waals surface area contributed by atoms with Crippen LogP contribution in [-0.4, -0.2) is 42.1 Å². The zero-order valence-corrected chi connectivity index (χ0v) is 13.7. The van der Waals surface area contributed by atoms with Crippen LogP contribution in [0, 0.1) is 0 Å². The molecule has 2 aliphatic heterocycles. The van der Waals surface area contributed by atoms with Crippen LogP contribution in [-0.2, 0) is 0 Å². The zero-order chi connectivity index (χ0) is 17.4. The SMILES string of the molecule is O=Cc1ccc(N2CCC(N3C(=O)c4ccccc4C3=O)CC2)cc1. The number of imide groups is 1. The first-order valence-electron chi connectivity index (χ1n) is 8.46. The lowest BCUT2D eigenvalue weighted by atomic mass is 10.0. The van der Waals surface area contributed by atoms with Crippen molar-refractivity contribution in [3.8, 4) is 0 Å². The van der Waals surface area contributed by atoms with E-state index in [1.54, 1.807) is 36.4 Å². The maximum absolute atomic E-state index is 12.6. The number of amides is 2. The van der Waals surface area contributed by atoms with Crippen molar-refractivity contribution in [3.05, 3.63) is 65.2 Å². The second-order valence-electron chi connectivity index (χ2n) is 6.45. The van der Waals surface area contributed by atoms with Crippen molar-refractivity contribution in [2.24, 2.45) is 0 Å². The van der Waals surface area contributed by atoms with Crippen LogP contribution in [0.2, 0.25) is 0 Å². The van der Waals surface area contributed by atoms with E-state index in [-0.39, 0.29) is 17.9 Å². The molecule has 1 saturated heterocycles. The van der Waals surface area contributed by atoms with E-state index in [0.717, 1.165) is 37.9 Å². The Hall–Kier alpha value is -2.95. The Kier molecular flexibility index (Phi) is 3.84. The monoisotopic (exact) mass is 334 g/mol. The topological polar surface area (TPSA) is 57.7 Å². The first-order valence-corrected chi connectivity index (χ1v) is 8.46. The van der Waals surface area contributed by atoms with Crippen LogP contribution in [0.25, 0.3) is 0 Å². The van der Waals surface area contributed by atoms with Gasteiger partial charge in [0.2, 0.25) is 0 Å². The van der Waals surface area contributed by atoms with E-state index in [2.05, 4.69) is 4.90 Å². The number of fused-ring (bicyclic) bond motifs is 1. The first-order chi connectivity index (χ1) is 12.2. The number of hydrogen-bond acceptors (Lipinski definition) is 4. The minimum absolute atomic E-state index is 0.0575. The summed E-state index contributed by atoms with van der Waals surface area (Å²) in [5, 5.41) is 0. The highest BCUT2D eigenvalue weighted by atomic mass is 16.2. The van der Waals surface area contributed by atoms with Gasteiger partial charge in [0, 0.05) is 30.4 Å². The Bertz CT molecular complexity index is 801. The highest BCUT2D eigenvalue weighted by Crippen LogP contribution is 2.29. The summed E-state index contributed by atoms with van der Waals surface area (Å²) in [7, 11) is 0. The van der Waals surface area contributed by atoms with Gasteiger partial charge in [-0.05, 0) is 49.2 Å². The molecule has 0 saturated carbocycles. The summed E-state index contributed by atoms with van der Waals surface area (Å²) < 4.78 is 0. The molecule has 0 aromatic heterocycles. The normalized spacial score (nSPS) is 17.8. The van der Waals surface area contributed by atoms with Crippen LogP contribution in [0.15, 0.2) is 48.5 Å². The molecule has 2 heterocycles. The Morgan fingerprint density at radius 1 is 0.840 bits per heavy atom. The van der Waals surface area contributed by atoms with E-state index < -0.39 is 0 Å². The summed E-state index contributed by atoms with van der Waals surface area (Å²) in [6, 6.07) is 14.4. The fourth-order valence-electron chi connectivity index (χ4n) is 3.69. The lowest BCUT2D eigenvalue weighted by molar-refractivity contribution is 0.0561. The fraction of sp³-hybridized carbons (Fsp3) is 0.250. The van der Waals surface area contributed by atoms with Gasteiger partial charge in [-0.1, -0.05) is 12.1 Å². The highest BCUT2D eigenvalue weighted by Gasteiger charge is 2.40. The van der Waals surface area contributed by atoms with E-state index in [1.165, 1.54) is 4.90 Å². The van der Waals surface area contributed by atoms with Gasteiger partial charge in [-0.3, -0.25) is 19.3 Å². The van der Waals surface area contributed by atoms with E-state index >= 15 is 0 Å². The summed E-state index contributed by atoms with van der Waals surface area (Å²) >= 11 is 0. The van der Waals surface area contributed by atoms with Crippen LogP contribution in [0.4, 0.5) is 5.69 Å². The smallest absolute Gasteiger partial charge is 0.261 e. The summed E-state index contributed by atoms with van der Waals surface area (Å²) in [6.07, 6.45) is 2.33. The second-order valence-corrected chi connectivity index (χ2v) is 6.45. The Labute approximate surface area is 145 Å². The van der Waals surface area contributed by atoms with Gasteiger partial charge in [0.05, 0.1) is 11.1 Å². The standard InChI is InChI=1S/C20H18N2O3/c23-13-14-5-7-15(8-6-14)21-11-9-16(10-12-21)22-19(24)17-3-1-2-4-18(17)20(22)25/h1-8,13,16H,9-12H2. The number of carbonyl (C=O) groups is 3. The number of rotatable bonds is 3. The molecular formula is C20H18N2O3. The summed E-state index contributed by atoms with van der Waals surface area (Å²) in [5.74, 6) is -0.344. The van der Waals surface area contributed by atoms with Gasteiger partial charge < -0.3 is 4.90 Å². The molecule has 5 heteroatoms. The van der Waals surface area contributed by atoms with Gasteiger partial charge >= 0.3 is 0 Å². The lowest BCUT2D eigenvalue weighted by Crippen LogP contribution is -2.47. The predicted octanol–water partition coefficient (Wildman–Crippen LogP) is 2.76. The zero-order valence-electron chi connectivity index (χ0n) is 13.7. The maximum atomic E-state index is 12.6. The van der Waals surface area contributed by atoms with Crippen molar-refractivity contribution in [1.29, 1.82) is 0 Å². The van der Waals surface area contributed by atoms with Crippen molar-refractivity contribution in [2.75, 3.05) is 18.0 Å². The van der Waals surface area contributed by atoms with E-state index in [1.807, 2.05) is 12.1 Å². The summed E-state index contributed by atoms with van der Waals surface area (Å²) in [4.78, 5) is 39.6. The van der Waals surface area contributed by atoms with Gasteiger partial charge in [0.1, 0.15) is 6.29 Å². The molecule has 126 valence electrons. The molecule has 2 aliphatic rings. The van der Waals surface area contributed by atoms with Crippen LogP contribution >= 0.6 is 0 Å². The van der Waals surface area contributed by atoms with Crippen LogP contribution < -0.4 is 4.90 Å². The molecule has 0 N–H and O–H groups in total. The molecule has 2 amide bonds. The van der Waals surface area contributed by atoms with Gasteiger partial charge in [-0.25, -0.2) is 0 Å². The van der Waals surface area contributed by atoms with Crippen molar-refractivity contribution in [1.82, 2.24) is 4.90 Å². The number of hydrogen-bond donors (Lipinski definition) is 0. The molecule has 0 bridgehead atoms. The molecular weight excluding hydrogens is 316 g/mol. The third kappa shape index (κ3) is 2.61. The molecule has 0 unspecified atom stereocenters. The third-order valence-electron chi connectivity index (χ3n) is 5.05. The third-order valence-corrected chi connectivity index (χ3v) is 5.05. The predicted molar refractivity (Wildman–Crippen MR) is 94.0 cm³/mol. The molecule has 0 aliphatic carbocycles. The minimum Gasteiger partial charge on any atom is -0.371 e. The number of nitrogens with zero attached hydrogens (tertiary/aromatic N) is 2. The first kappa shape index (κ1) is 15.6. The average Bonchev–Trinajstić information content (AvgIpc) is 2.93. The number of aldehydes is 1. The van der Waals surface area contributed by atoms with E-state index in [0.29, 0.717) is 16.7 Å². The minimum atomic E-state index is -0.172. The molecule has 0 spiro atoms. The maximum Gasteiger partial charge on any atom is 0.261 e. The van der Waals surface area contributed by atoms with E-state index in [4.69, 9.17) is 0 Å². The Balaban J connectivity index is 1.46. The van der Waals surface area contributed by atoms with Gasteiger partial charge in [-0.2, -0.15) is 0 Å².